The maximum absolute atomic E-state index is 12.5. The maximum Gasteiger partial charge on any atom is 0.255 e. The number of carbonyl (C=O) groups excluding carboxylic acids is 2. The van der Waals surface area contributed by atoms with Gasteiger partial charge in [-0.3, -0.25) is 9.59 Å². The minimum absolute atomic E-state index is 0.0305. The number of nitrogens with two attached hydrogens (primary N) is 1. The van der Waals surface area contributed by atoms with Crippen LogP contribution in [0.1, 0.15) is 23.7 Å². The van der Waals surface area contributed by atoms with Gasteiger partial charge in [0.2, 0.25) is 5.91 Å². The Kier molecular flexibility index (Phi) is 5.67. The first kappa shape index (κ1) is 17.1. The Morgan fingerprint density at radius 2 is 1.77 bits per heavy atom. The zero-order valence-corrected chi connectivity index (χ0v) is 13.9. The molecule has 7 heteroatoms. The molecule has 22 heavy (non-hydrogen) atoms. The summed E-state index contributed by atoms with van der Waals surface area (Å²) < 4.78 is 0. The van der Waals surface area contributed by atoms with Crippen LogP contribution in [0, 0.1) is 0 Å². The van der Waals surface area contributed by atoms with E-state index in [2.05, 4.69) is 0 Å². The van der Waals surface area contributed by atoms with Crippen LogP contribution in [0.3, 0.4) is 0 Å². The standard InChI is InChI=1S/C15H19Cl2N3O2/c1-10(18)9-13(21)19-5-7-20(8-6-19)15(22)11-3-2-4-12(16)14(11)17/h2-4,10H,5-9,18H2,1H3. The number of nitrogens with zero attached hydrogens (tertiary/aromatic N) is 2. The molecule has 2 amide bonds. The first-order valence-corrected chi connectivity index (χ1v) is 7.92. The molecule has 120 valence electrons. The normalized spacial score (nSPS) is 16.5. The van der Waals surface area contributed by atoms with Gasteiger partial charge in [0.05, 0.1) is 15.6 Å². The summed E-state index contributed by atoms with van der Waals surface area (Å²) in [5.41, 5.74) is 6.04. The Labute approximate surface area is 139 Å². The minimum atomic E-state index is -0.160. The minimum Gasteiger partial charge on any atom is -0.339 e. The molecule has 1 unspecified atom stereocenters. The lowest BCUT2D eigenvalue weighted by Crippen LogP contribution is -2.51. The number of hydrogen-bond acceptors (Lipinski definition) is 3. The van der Waals surface area contributed by atoms with Crippen LogP contribution >= 0.6 is 23.2 Å². The zero-order valence-electron chi connectivity index (χ0n) is 12.4. The molecule has 1 aromatic rings. The molecule has 1 aromatic carbocycles. The zero-order chi connectivity index (χ0) is 16.3. The highest BCUT2D eigenvalue weighted by molar-refractivity contribution is 6.43. The summed E-state index contributed by atoms with van der Waals surface area (Å²) in [4.78, 5) is 27.9. The number of amides is 2. The fourth-order valence-corrected chi connectivity index (χ4v) is 2.78. The molecule has 5 nitrogen and oxygen atoms in total. The van der Waals surface area contributed by atoms with Crippen molar-refractivity contribution in [2.75, 3.05) is 26.2 Å². The summed E-state index contributed by atoms with van der Waals surface area (Å²) in [5, 5.41) is 0.628. The van der Waals surface area contributed by atoms with Gasteiger partial charge in [-0.05, 0) is 19.1 Å². The summed E-state index contributed by atoms with van der Waals surface area (Å²) in [6, 6.07) is 4.84. The third-order valence-corrected chi connectivity index (χ3v) is 4.42. The third-order valence-electron chi connectivity index (χ3n) is 3.60. The van der Waals surface area contributed by atoms with Crippen molar-refractivity contribution < 1.29 is 9.59 Å². The van der Waals surface area contributed by atoms with E-state index < -0.39 is 0 Å². The number of rotatable bonds is 3. The molecule has 0 saturated carbocycles. The lowest BCUT2D eigenvalue weighted by Gasteiger charge is -2.35. The Hall–Kier alpha value is -1.30. The molecule has 1 atom stereocenters. The van der Waals surface area contributed by atoms with Crippen LogP contribution < -0.4 is 5.73 Å². The second-order valence-electron chi connectivity index (χ2n) is 5.46. The van der Waals surface area contributed by atoms with Gasteiger partial charge < -0.3 is 15.5 Å². The number of carbonyl (C=O) groups is 2. The molecule has 2 rings (SSSR count). The fraction of sp³-hybridized carbons (Fsp3) is 0.467. The van der Waals surface area contributed by atoms with Crippen LogP contribution in [-0.4, -0.2) is 53.8 Å². The molecule has 1 saturated heterocycles. The van der Waals surface area contributed by atoms with Gasteiger partial charge >= 0.3 is 0 Å². The lowest BCUT2D eigenvalue weighted by molar-refractivity contribution is -0.132. The van der Waals surface area contributed by atoms with Gasteiger partial charge in [-0.1, -0.05) is 29.3 Å². The number of hydrogen-bond donors (Lipinski definition) is 1. The molecular formula is C15H19Cl2N3O2. The van der Waals surface area contributed by atoms with E-state index in [-0.39, 0.29) is 22.9 Å². The molecule has 0 spiro atoms. The highest BCUT2D eigenvalue weighted by atomic mass is 35.5. The van der Waals surface area contributed by atoms with Gasteiger partial charge in [0.25, 0.3) is 5.91 Å². The fourth-order valence-electron chi connectivity index (χ4n) is 2.40. The predicted molar refractivity (Wildman–Crippen MR) is 87.2 cm³/mol. The lowest BCUT2D eigenvalue weighted by atomic mass is 10.1. The molecule has 1 heterocycles. The Balaban J connectivity index is 1.98. The quantitative estimate of drug-likeness (QED) is 0.912. The molecule has 0 bridgehead atoms. The van der Waals surface area contributed by atoms with E-state index in [1.54, 1.807) is 34.9 Å². The first-order chi connectivity index (χ1) is 10.4. The maximum atomic E-state index is 12.5. The largest absolute Gasteiger partial charge is 0.339 e. The van der Waals surface area contributed by atoms with Crippen LogP contribution in [0.4, 0.5) is 0 Å². The van der Waals surface area contributed by atoms with Gasteiger partial charge in [0.15, 0.2) is 0 Å². The number of halogens is 2. The van der Waals surface area contributed by atoms with Gasteiger partial charge in [-0.15, -0.1) is 0 Å². The van der Waals surface area contributed by atoms with E-state index in [1.807, 2.05) is 0 Å². The van der Waals surface area contributed by atoms with Crippen molar-refractivity contribution in [2.45, 2.75) is 19.4 Å². The van der Waals surface area contributed by atoms with E-state index in [4.69, 9.17) is 28.9 Å². The number of benzene rings is 1. The smallest absolute Gasteiger partial charge is 0.255 e. The molecule has 0 radical (unpaired) electrons. The van der Waals surface area contributed by atoms with Gasteiger partial charge in [0, 0.05) is 38.6 Å². The van der Waals surface area contributed by atoms with E-state index >= 15 is 0 Å². The SMILES string of the molecule is CC(N)CC(=O)N1CCN(C(=O)c2cccc(Cl)c2Cl)CC1. The third kappa shape index (κ3) is 3.91. The van der Waals surface area contributed by atoms with Crippen LogP contribution in [0.5, 0.6) is 0 Å². The van der Waals surface area contributed by atoms with E-state index in [9.17, 15) is 9.59 Å². The van der Waals surface area contributed by atoms with Gasteiger partial charge in [-0.25, -0.2) is 0 Å². The summed E-state index contributed by atoms with van der Waals surface area (Å²) in [5.74, 6) is -0.130. The number of piperazine rings is 1. The average Bonchev–Trinajstić information content (AvgIpc) is 2.49. The van der Waals surface area contributed by atoms with Crippen molar-refractivity contribution in [1.82, 2.24) is 9.80 Å². The molecule has 1 fully saturated rings. The van der Waals surface area contributed by atoms with E-state index in [0.29, 0.717) is 43.2 Å². The van der Waals surface area contributed by atoms with Gasteiger partial charge in [0.1, 0.15) is 0 Å². The summed E-state index contributed by atoms with van der Waals surface area (Å²) >= 11 is 12.0. The van der Waals surface area contributed by atoms with E-state index in [0.717, 1.165) is 0 Å². The second kappa shape index (κ2) is 7.31. The molecule has 2 N–H and O–H groups in total. The van der Waals surface area contributed by atoms with Crippen LogP contribution in [-0.2, 0) is 4.79 Å². The van der Waals surface area contributed by atoms with Crippen molar-refractivity contribution in [3.63, 3.8) is 0 Å². The highest BCUT2D eigenvalue weighted by Gasteiger charge is 2.26. The second-order valence-corrected chi connectivity index (χ2v) is 6.24. The van der Waals surface area contributed by atoms with Crippen molar-refractivity contribution in [3.05, 3.63) is 33.8 Å². The van der Waals surface area contributed by atoms with Crippen LogP contribution in [0.25, 0.3) is 0 Å². The van der Waals surface area contributed by atoms with Gasteiger partial charge in [-0.2, -0.15) is 0 Å². The monoisotopic (exact) mass is 343 g/mol. The Bertz CT molecular complexity index is 570. The highest BCUT2D eigenvalue weighted by Crippen LogP contribution is 2.26. The predicted octanol–water partition coefficient (Wildman–Crippen LogP) is 2.02. The molecular weight excluding hydrogens is 325 g/mol. The molecule has 0 aromatic heterocycles. The average molecular weight is 344 g/mol. The van der Waals surface area contributed by atoms with Crippen molar-refractivity contribution in [2.24, 2.45) is 5.73 Å². The van der Waals surface area contributed by atoms with Crippen molar-refractivity contribution in [3.8, 4) is 0 Å². The van der Waals surface area contributed by atoms with E-state index in [1.165, 1.54) is 0 Å². The van der Waals surface area contributed by atoms with Crippen LogP contribution in [0.2, 0.25) is 10.0 Å². The van der Waals surface area contributed by atoms with Crippen molar-refractivity contribution >= 4 is 35.0 Å². The summed E-state index contributed by atoms with van der Waals surface area (Å²) in [6.45, 7) is 3.78. The Morgan fingerprint density at radius 3 is 2.36 bits per heavy atom. The molecule has 1 aliphatic rings. The van der Waals surface area contributed by atoms with Crippen molar-refractivity contribution in [1.29, 1.82) is 0 Å². The van der Waals surface area contributed by atoms with Crippen LogP contribution in [0.15, 0.2) is 18.2 Å². The summed E-state index contributed by atoms with van der Waals surface area (Å²) in [6.07, 6.45) is 0.327. The Morgan fingerprint density at radius 1 is 1.18 bits per heavy atom. The molecule has 0 aliphatic carbocycles. The molecule has 1 aliphatic heterocycles. The first-order valence-electron chi connectivity index (χ1n) is 7.16. The topological polar surface area (TPSA) is 66.6 Å². The summed E-state index contributed by atoms with van der Waals surface area (Å²) in [7, 11) is 0.